The van der Waals surface area contributed by atoms with Crippen LogP contribution in [0.1, 0.15) is 23.4 Å². The lowest BCUT2D eigenvalue weighted by Crippen LogP contribution is -2.39. The molecular formula is C24H30ClN5O3. The number of hydrogen-bond donors (Lipinski definition) is 1. The van der Waals surface area contributed by atoms with Crippen molar-refractivity contribution in [3.05, 3.63) is 62.8 Å². The summed E-state index contributed by atoms with van der Waals surface area (Å²) in [5, 5.41) is 9.29. The van der Waals surface area contributed by atoms with E-state index in [0.717, 1.165) is 61.6 Å². The van der Waals surface area contributed by atoms with E-state index in [9.17, 15) is 9.59 Å². The number of halogens is 1. The monoisotopic (exact) mass is 471 g/mol. The van der Waals surface area contributed by atoms with Gasteiger partial charge in [-0.05, 0) is 44.5 Å². The topological polar surface area (TPSA) is 81.4 Å². The van der Waals surface area contributed by atoms with E-state index in [1.54, 1.807) is 6.20 Å². The lowest BCUT2D eigenvalue weighted by Gasteiger charge is -2.26. The summed E-state index contributed by atoms with van der Waals surface area (Å²) in [4.78, 5) is 27.9. The molecule has 0 radical (unpaired) electrons. The summed E-state index contributed by atoms with van der Waals surface area (Å²) in [6.07, 6.45) is 2.54. The van der Waals surface area contributed by atoms with Gasteiger partial charge >= 0.3 is 0 Å². The summed E-state index contributed by atoms with van der Waals surface area (Å²) in [6.45, 7) is 9.36. The van der Waals surface area contributed by atoms with Gasteiger partial charge in [-0.15, -0.1) is 0 Å². The highest BCUT2D eigenvalue weighted by Gasteiger charge is 2.17. The van der Waals surface area contributed by atoms with Gasteiger partial charge in [0, 0.05) is 48.0 Å². The molecule has 1 N–H and O–H groups in total. The number of nitrogens with one attached hydrogen (secondary N) is 1. The zero-order chi connectivity index (χ0) is 23.4. The minimum absolute atomic E-state index is 0.0901. The number of aromatic nitrogens is 3. The van der Waals surface area contributed by atoms with Crippen LogP contribution in [0.4, 0.5) is 0 Å². The van der Waals surface area contributed by atoms with Crippen LogP contribution in [0.5, 0.6) is 0 Å². The molecule has 1 amide bonds. The second kappa shape index (κ2) is 10.5. The molecule has 3 heterocycles. The largest absolute Gasteiger partial charge is 0.379 e. The quantitative estimate of drug-likeness (QED) is 0.510. The molecule has 176 valence electrons. The molecule has 0 spiro atoms. The predicted molar refractivity (Wildman–Crippen MR) is 129 cm³/mol. The maximum Gasteiger partial charge on any atom is 0.276 e. The molecule has 0 bridgehead atoms. The third-order valence-electron chi connectivity index (χ3n) is 6.23. The van der Waals surface area contributed by atoms with Gasteiger partial charge in [-0.3, -0.25) is 14.5 Å². The van der Waals surface area contributed by atoms with Crippen LogP contribution in [0.2, 0.25) is 5.02 Å². The summed E-state index contributed by atoms with van der Waals surface area (Å²) in [5.74, 6) is -0.208. The predicted octanol–water partition coefficient (Wildman–Crippen LogP) is 2.36. The van der Waals surface area contributed by atoms with Crippen LogP contribution in [-0.2, 0) is 22.6 Å². The van der Waals surface area contributed by atoms with Gasteiger partial charge in [-0.25, -0.2) is 4.68 Å². The molecule has 1 aliphatic heterocycles. The van der Waals surface area contributed by atoms with Gasteiger partial charge in [-0.2, -0.15) is 5.10 Å². The zero-order valence-electron chi connectivity index (χ0n) is 19.1. The van der Waals surface area contributed by atoms with Crippen molar-refractivity contribution < 1.29 is 9.53 Å². The third kappa shape index (κ3) is 5.46. The number of carbonyl (C=O) groups excluding carboxylic acids is 1. The number of ether oxygens (including phenoxy) is 1. The average molecular weight is 472 g/mol. The number of amides is 1. The molecule has 1 aromatic carbocycles. The smallest absolute Gasteiger partial charge is 0.276 e. The molecule has 4 rings (SSSR count). The van der Waals surface area contributed by atoms with E-state index < -0.39 is 0 Å². The Balaban J connectivity index is 1.42. The fourth-order valence-corrected chi connectivity index (χ4v) is 4.44. The van der Waals surface area contributed by atoms with Crippen LogP contribution in [0, 0.1) is 13.8 Å². The van der Waals surface area contributed by atoms with Crippen molar-refractivity contribution in [2.24, 2.45) is 0 Å². The first-order chi connectivity index (χ1) is 15.9. The Hall–Kier alpha value is -2.68. The first-order valence-corrected chi connectivity index (χ1v) is 11.7. The van der Waals surface area contributed by atoms with Crippen LogP contribution in [-0.4, -0.2) is 64.5 Å². The number of rotatable bonds is 8. The molecular weight excluding hydrogens is 442 g/mol. The number of carbonyl (C=O) groups is 1. The van der Waals surface area contributed by atoms with Crippen LogP contribution in [0.25, 0.3) is 10.8 Å². The molecule has 9 heteroatoms. The molecule has 2 aromatic heterocycles. The average Bonchev–Trinajstić information content (AvgIpc) is 3.05. The lowest BCUT2D eigenvalue weighted by atomic mass is 10.2. The van der Waals surface area contributed by atoms with Gasteiger partial charge in [0.25, 0.3) is 5.56 Å². The van der Waals surface area contributed by atoms with Gasteiger partial charge < -0.3 is 14.6 Å². The van der Waals surface area contributed by atoms with E-state index in [-0.39, 0.29) is 18.0 Å². The molecule has 0 unspecified atom stereocenters. The van der Waals surface area contributed by atoms with Crippen LogP contribution >= 0.6 is 11.6 Å². The summed E-state index contributed by atoms with van der Waals surface area (Å²) >= 11 is 6.00. The van der Waals surface area contributed by atoms with Gasteiger partial charge in [-0.1, -0.05) is 23.7 Å². The highest BCUT2D eigenvalue weighted by molar-refractivity contribution is 6.30. The maximum atomic E-state index is 13.2. The van der Waals surface area contributed by atoms with E-state index >= 15 is 0 Å². The van der Waals surface area contributed by atoms with E-state index in [2.05, 4.69) is 19.9 Å². The van der Waals surface area contributed by atoms with E-state index in [1.165, 1.54) is 4.68 Å². The number of fused-ring (bicyclic) bond motifs is 1. The van der Waals surface area contributed by atoms with E-state index in [0.29, 0.717) is 23.5 Å². The van der Waals surface area contributed by atoms with Crippen molar-refractivity contribution in [2.75, 3.05) is 39.4 Å². The second-order valence-electron chi connectivity index (χ2n) is 8.44. The molecule has 1 fully saturated rings. The molecule has 0 atom stereocenters. The van der Waals surface area contributed by atoms with Crippen molar-refractivity contribution in [1.82, 2.24) is 24.6 Å². The second-order valence-corrected chi connectivity index (χ2v) is 8.87. The maximum absolute atomic E-state index is 13.2. The number of hydrogen-bond acceptors (Lipinski definition) is 5. The Morgan fingerprint density at radius 3 is 2.61 bits per heavy atom. The fourth-order valence-electron chi connectivity index (χ4n) is 4.31. The highest BCUT2D eigenvalue weighted by Crippen LogP contribution is 2.23. The van der Waals surface area contributed by atoms with Crippen molar-refractivity contribution in [3.63, 3.8) is 0 Å². The molecule has 8 nitrogen and oxygen atoms in total. The highest BCUT2D eigenvalue weighted by atomic mass is 35.5. The SMILES string of the molecule is Cc1c2cnn(CC(=O)NCCCN3CCOCC3)c(=O)c2c(C)n1Cc1ccc(Cl)cc1. The Bertz CT molecular complexity index is 1180. The Morgan fingerprint density at radius 1 is 1.15 bits per heavy atom. The van der Waals surface area contributed by atoms with Crippen molar-refractivity contribution in [3.8, 4) is 0 Å². The summed E-state index contributed by atoms with van der Waals surface area (Å²) in [7, 11) is 0. The zero-order valence-corrected chi connectivity index (χ0v) is 19.9. The number of nitrogens with zero attached hydrogens (tertiary/aromatic N) is 4. The lowest BCUT2D eigenvalue weighted by molar-refractivity contribution is -0.121. The van der Waals surface area contributed by atoms with Gasteiger partial charge in [0.15, 0.2) is 0 Å². The van der Waals surface area contributed by atoms with Crippen LogP contribution < -0.4 is 10.9 Å². The van der Waals surface area contributed by atoms with E-state index in [1.807, 2.05) is 38.1 Å². The first kappa shape index (κ1) is 23.5. The summed E-state index contributed by atoms with van der Waals surface area (Å²) in [6, 6.07) is 7.68. The normalized spacial score (nSPS) is 14.6. The Labute approximate surface area is 198 Å². The fraction of sp³-hybridized carbons (Fsp3) is 0.458. The summed E-state index contributed by atoms with van der Waals surface area (Å²) < 4.78 is 8.70. The Kier molecular flexibility index (Phi) is 7.47. The molecule has 3 aromatic rings. The molecule has 1 saturated heterocycles. The first-order valence-electron chi connectivity index (χ1n) is 11.3. The number of aryl methyl sites for hydroxylation is 2. The standard InChI is InChI=1S/C24H30ClN5O3/c1-17-21-14-27-30(16-22(31)26-8-3-9-28-10-12-33-13-11-28)24(32)23(21)18(2)29(17)15-19-4-6-20(25)7-5-19/h4-7,14H,3,8-13,15-16H2,1-2H3,(H,26,31). The number of morpholine rings is 1. The molecule has 1 aliphatic rings. The Morgan fingerprint density at radius 2 is 1.88 bits per heavy atom. The minimum Gasteiger partial charge on any atom is -0.379 e. The van der Waals surface area contributed by atoms with E-state index in [4.69, 9.17) is 16.3 Å². The molecule has 0 saturated carbocycles. The van der Waals surface area contributed by atoms with Crippen molar-refractivity contribution >= 4 is 28.3 Å². The minimum atomic E-state index is -0.244. The summed E-state index contributed by atoms with van der Waals surface area (Å²) in [5.41, 5.74) is 2.69. The van der Waals surface area contributed by atoms with Crippen LogP contribution in [0.15, 0.2) is 35.3 Å². The van der Waals surface area contributed by atoms with Crippen molar-refractivity contribution in [1.29, 1.82) is 0 Å². The molecule has 0 aliphatic carbocycles. The van der Waals surface area contributed by atoms with Crippen molar-refractivity contribution in [2.45, 2.75) is 33.4 Å². The third-order valence-corrected chi connectivity index (χ3v) is 6.48. The number of benzene rings is 1. The van der Waals surface area contributed by atoms with Gasteiger partial charge in [0.05, 0.1) is 24.8 Å². The van der Waals surface area contributed by atoms with Gasteiger partial charge in [0.1, 0.15) is 6.54 Å². The van der Waals surface area contributed by atoms with Gasteiger partial charge in [0.2, 0.25) is 5.91 Å². The van der Waals surface area contributed by atoms with Crippen LogP contribution in [0.3, 0.4) is 0 Å². The molecule has 33 heavy (non-hydrogen) atoms.